The third-order valence-electron chi connectivity index (χ3n) is 2.28. The summed E-state index contributed by atoms with van der Waals surface area (Å²) in [4.78, 5) is 0. The first-order valence-electron chi connectivity index (χ1n) is 5.49. The molecule has 0 bridgehead atoms. The van der Waals surface area contributed by atoms with Gasteiger partial charge in [-0.2, -0.15) is 0 Å². The zero-order valence-corrected chi connectivity index (χ0v) is 13.5. The number of phenolic OH excluding ortho intramolecular Hbond substituents is 1. The Morgan fingerprint density at radius 2 is 1.79 bits per heavy atom. The Bertz CT molecular complexity index is 545. The van der Waals surface area contributed by atoms with E-state index in [1.54, 1.807) is 12.1 Å². The number of aromatic hydroxyl groups is 1. The van der Waals surface area contributed by atoms with Crippen molar-refractivity contribution in [2.75, 3.05) is 12.4 Å². The van der Waals surface area contributed by atoms with E-state index in [4.69, 9.17) is 5.41 Å². The van der Waals surface area contributed by atoms with Crippen LogP contribution >= 0.6 is 31.9 Å². The first kappa shape index (κ1) is 15.7. The van der Waals surface area contributed by atoms with E-state index in [1.807, 2.05) is 37.4 Å². The van der Waals surface area contributed by atoms with E-state index in [2.05, 4.69) is 37.2 Å². The fraction of sp³-hybridized carbons (Fsp3) is 0.0714. The predicted molar refractivity (Wildman–Crippen MR) is 87.4 cm³/mol. The van der Waals surface area contributed by atoms with Crippen molar-refractivity contribution in [3.8, 4) is 5.75 Å². The first-order chi connectivity index (χ1) is 9.08. The Morgan fingerprint density at radius 1 is 1.16 bits per heavy atom. The molecule has 0 atom stereocenters. The molecule has 0 spiro atoms. The summed E-state index contributed by atoms with van der Waals surface area (Å²) >= 11 is 6.40. The summed E-state index contributed by atoms with van der Waals surface area (Å²) in [7, 11) is 1.91. The van der Waals surface area contributed by atoms with Crippen molar-refractivity contribution in [3.63, 3.8) is 0 Å². The molecular weight excluding hydrogens is 372 g/mol. The Balaban J connectivity index is 0.000000200. The maximum Gasteiger partial charge on any atom is 0.138 e. The number of hydrogen-bond acceptors (Lipinski definition) is 3. The van der Waals surface area contributed by atoms with E-state index in [-0.39, 0.29) is 5.75 Å². The highest BCUT2D eigenvalue weighted by molar-refractivity contribution is 9.11. The van der Waals surface area contributed by atoms with Crippen LogP contribution in [0.15, 0.2) is 51.4 Å². The molecule has 2 rings (SSSR count). The summed E-state index contributed by atoms with van der Waals surface area (Å²) in [5.41, 5.74) is 1.65. The molecule has 3 N–H and O–H groups in total. The van der Waals surface area contributed by atoms with Crippen molar-refractivity contribution >= 4 is 43.8 Å². The minimum atomic E-state index is 0.100. The van der Waals surface area contributed by atoms with Gasteiger partial charge in [-0.15, -0.1) is 0 Å². The minimum Gasteiger partial charge on any atom is -0.506 e. The summed E-state index contributed by atoms with van der Waals surface area (Å²) in [6, 6.07) is 13.5. The fourth-order valence-electron chi connectivity index (χ4n) is 1.30. The molecule has 0 unspecified atom stereocenters. The molecule has 19 heavy (non-hydrogen) atoms. The van der Waals surface area contributed by atoms with Crippen molar-refractivity contribution in [1.29, 1.82) is 5.41 Å². The van der Waals surface area contributed by atoms with Gasteiger partial charge in [-0.25, -0.2) is 0 Å². The standard InChI is InChI=1S/C7H5Br2NO.C7H9N/c8-5-1-4(3-10)7(11)6(9)2-5;1-8-7-5-3-2-4-6-7/h1-3,10-11H;2-6,8H,1H3. The predicted octanol–water partition coefficient (Wildman–Crippen LogP) is 4.64. The van der Waals surface area contributed by atoms with Crippen LogP contribution in [0.2, 0.25) is 0 Å². The summed E-state index contributed by atoms with van der Waals surface area (Å²) < 4.78 is 1.42. The molecule has 0 saturated heterocycles. The van der Waals surface area contributed by atoms with E-state index in [0.29, 0.717) is 10.0 Å². The molecule has 0 amide bonds. The Kier molecular flexibility index (Phi) is 6.59. The Labute approximate surface area is 129 Å². The number of rotatable bonds is 2. The van der Waals surface area contributed by atoms with E-state index in [1.165, 1.54) is 0 Å². The average molecular weight is 386 g/mol. The van der Waals surface area contributed by atoms with Gasteiger partial charge < -0.3 is 15.8 Å². The quantitative estimate of drug-likeness (QED) is 0.659. The van der Waals surface area contributed by atoms with Crippen LogP contribution < -0.4 is 5.32 Å². The molecule has 0 aliphatic carbocycles. The van der Waals surface area contributed by atoms with Crippen LogP contribution in [0.1, 0.15) is 5.56 Å². The molecule has 0 aliphatic heterocycles. The van der Waals surface area contributed by atoms with Gasteiger partial charge in [-0.05, 0) is 40.2 Å². The van der Waals surface area contributed by atoms with Gasteiger partial charge in [0.15, 0.2) is 0 Å². The highest BCUT2D eigenvalue weighted by Crippen LogP contribution is 2.30. The molecule has 5 heteroatoms. The molecule has 0 heterocycles. The lowest BCUT2D eigenvalue weighted by molar-refractivity contribution is 0.471. The van der Waals surface area contributed by atoms with Gasteiger partial charge in [-0.3, -0.25) is 0 Å². The van der Waals surface area contributed by atoms with Gasteiger partial charge in [0.1, 0.15) is 5.75 Å². The zero-order valence-electron chi connectivity index (χ0n) is 10.3. The number of halogens is 2. The third kappa shape index (κ3) is 5.04. The molecule has 0 fully saturated rings. The normalized spacial score (nSPS) is 9.21. The smallest absolute Gasteiger partial charge is 0.138 e. The second kappa shape index (κ2) is 7.96. The molecule has 2 aromatic rings. The third-order valence-corrected chi connectivity index (χ3v) is 3.34. The van der Waals surface area contributed by atoms with Gasteiger partial charge in [0, 0.05) is 29.0 Å². The summed E-state index contributed by atoms with van der Waals surface area (Å²) in [6.07, 6.45) is 1.10. The van der Waals surface area contributed by atoms with Gasteiger partial charge in [0.2, 0.25) is 0 Å². The second-order valence-electron chi connectivity index (χ2n) is 3.59. The molecule has 2 aromatic carbocycles. The highest BCUT2D eigenvalue weighted by atomic mass is 79.9. The lowest BCUT2D eigenvalue weighted by atomic mass is 10.2. The van der Waals surface area contributed by atoms with Crippen molar-refractivity contribution in [2.24, 2.45) is 0 Å². The number of anilines is 1. The maximum absolute atomic E-state index is 9.30. The number of hydrogen-bond donors (Lipinski definition) is 3. The summed E-state index contributed by atoms with van der Waals surface area (Å²) in [6.45, 7) is 0. The minimum absolute atomic E-state index is 0.100. The topological polar surface area (TPSA) is 56.1 Å². The lowest BCUT2D eigenvalue weighted by Gasteiger charge is -2.01. The largest absolute Gasteiger partial charge is 0.506 e. The molecular formula is C14H14Br2N2O. The van der Waals surface area contributed by atoms with Crippen molar-refractivity contribution in [2.45, 2.75) is 0 Å². The van der Waals surface area contributed by atoms with Crippen LogP contribution in [-0.4, -0.2) is 18.4 Å². The van der Waals surface area contributed by atoms with Crippen LogP contribution in [0.4, 0.5) is 5.69 Å². The number of nitrogens with one attached hydrogen (secondary N) is 2. The molecule has 0 saturated carbocycles. The Morgan fingerprint density at radius 3 is 2.26 bits per heavy atom. The molecule has 0 aromatic heterocycles. The van der Waals surface area contributed by atoms with Gasteiger partial charge in [0.25, 0.3) is 0 Å². The lowest BCUT2D eigenvalue weighted by Crippen LogP contribution is -1.84. The van der Waals surface area contributed by atoms with Crippen LogP contribution in [0.5, 0.6) is 5.75 Å². The van der Waals surface area contributed by atoms with E-state index in [9.17, 15) is 5.11 Å². The Hall–Kier alpha value is -1.33. The van der Waals surface area contributed by atoms with Crippen LogP contribution in [0.3, 0.4) is 0 Å². The summed E-state index contributed by atoms with van der Waals surface area (Å²) in [5, 5.41) is 19.3. The summed E-state index contributed by atoms with van der Waals surface area (Å²) in [5.74, 6) is 0.100. The van der Waals surface area contributed by atoms with Crippen LogP contribution in [-0.2, 0) is 0 Å². The van der Waals surface area contributed by atoms with Crippen molar-refractivity contribution < 1.29 is 5.11 Å². The van der Waals surface area contributed by atoms with Gasteiger partial charge >= 0.3 is 0 Å². The average Bonchev–Trinajstić information content (AvgIpc) is 2.44. The van der Waals surface area contributed by atoms with Gasteiger partial charge in [0.05, 0.1) is 4.47 Å². The van der Waals surface area contributed by atoms with E-state index >= 15 is 0 Å². The van der Waals surface area contributed by atoms with Crippen molar-refractivity contribution in [1.82, 2.24) is 0 Å². The van der Waals surface area contributed by atoms with E-state index < -0.39 is 0 Å². The maximum atomic E-state index is 9.30. The first-order valence-corrected chi connectivity index (χ1v) is 7.08. The SMILES string of the molecule is CNc1ccccc1.N=Cc1cc(Br)cc(Br)c1O. The number of para-hydroxylation sites is 1. The van der Waals surface area contributed by atoms with Crippen LogP contribution in [0.25, 0.3) is 0 Å². The number of benzene rings is 2. The molecule has 0 radical (unpaired) electrons. The number of phenols is 1. The molecule has 3 nitrogen and oxygen atoms in total. The highest BCUT2D eigenvalue weighted by Gasteiger charge is 2.03. The zero-order chi connectivity index (χ0) is 14.3. The second-order valence-corrected chi connectivity index (χ2v) is 5.36. The molecule has 0 aliphatic rings. The fourth-order valence-corrected chi connectivity index (χ4v) is 2.56. The monoisotopic (exact) mass is 384 g/mol. The van der Waals surface area contributed by atoms with Crippen LogP contribution in [0, 0.1) is 5.41 Å². The van der Waals surface area contributed by atoms with E-state index in [0.717, 1.165) is 16.4 Å². The van der Waals surface area contributed by atoms with Gasteiger partial charge in [-0.1, -0.05) is 34.1 Å². The van der Waals surface area contributed by atoms with Crippen molar-refractivity contribution in [3.05, 3.63) is 57.0 Å². The molecule has 100 valence electrons.